The van der Waals surface area contributed by atoms with E-state index in [0.717, 1.165) is 0 Å². The zero-order valence-corrected chi connectivity index (χ0v) is 8.54. The van der Waals surface area contributed by atoms with Crippen molar-refractivity contribution in [3.05, 3.63) is 0 Å². The summed E-state index contributed by atoms with van der Waals surface area (Å²) < 4.78 is 51.8. The second-order valence-corrected chi connectivity index (χ2v) is 4.13. The molecule has 1 unspecified atom stereocenters. The third-order valence-corrected chi connectivity index (χ3v) is 3.88. The lowest BCUT2D eigenvalue weighted by molar-refractivity contribution is -0.149. The maximum atomic E-state index is 11.9. The van der Waals surface area contributed by atoms with Crippen molar-refractivity contribution in [2.45, 2.75) is 14.0 Å². The third-order valence-electron chi connectivity index (χ3n) is 0.575. The molecule has 0 saturated carbocycles. The Morgan fingerprint density at radius 2 is 1.30 bits per heavy atom. The lowest BCUT2D eigenvalue weighted by Crippen LogP contribution is -2.35. The van der Waals surface area contributed by atoms with E-state index in [4.69, 9.17) is 0 Å². The van der Waals surface area contributed by atoms with Crippen molar-refractivity contribution in [2.24, 2.45) is 0 Å². The lowest BCUT2D eigenvalue weighted by Gasteiger charge is -2.18. The van der Waals surface area contributed by atoms with Gasteiger partial charge in [0.25, 0.3) is 0 Å². The van der Waals surface area contributed by atoms with E-state index in [1.54, 1.807) is 0 Å². The highest BCUT2D eigenvalue weighted by Gasteiger charge is 2.52. The van der Waals surface area contributed by atoms with Crippen LogP contribution in [0.15, 0.2) is 0 Å². The zero-order valence-electron chi connectivity index (χ0n) is 4.22. The van der Waals surface area contributed by atoms with Crippen LogP contribution in [-0.2, 0) is 0 Å². The first-order valence-corrected chi connectivity index (χ1v) is 4.25. The standard InChI is InChI=1S/C3HF5I2/c4-2(5,6)1(9)3(7,8)10/h1H. The predicted molar refractivity (Wildman–Crippen MR) is 42.8 cm³/mol. The van der Waals surface area contributed by atoms with E-state index in [-0.39, 0.29) is 0 Å². The van der Waals surface area contributed by atoms with Gasteiger partial charge in [0.05, 0.1) is 0 Å². The average molecular weight is 386 g/mol. The summed E-state index contributed by atoms with van der Waals surface area (Å²) in [5.41, 5.74) is 0. The Morgan fingerprint density at radius 3 is 1.30 bits per heavy atom. The number of hydrogen-bond acceptors (Lipinski definition) is 0. The summed E-state index contributed by atoms with van der Waals surface area (Å²) >= 11 is 1.14. The van der Waals surface area contributed by atoms with Crippen LogP contribution in [0.3, 0.4) is 0 Å². The minimum Gasteiger partial charge on any atom is -0.193 e. The Balaban J connectivity index is 4.23. The van der Waals surface area contributed by atoms with Crippen LogP contribution >= 0.6 is 45.2 Å². The van der Waals surface area contributed by atoms with Crippen LogP contribution in [-0.4, -0.2) is 14.0 Å². The quantitative estimate of drug-likeness (QED) is 0.369. The minimum absolute atomic E-state index is 0.467. The molecule has 0 aromatic carbocycles. The van der Waals surface area contributed by atoms with E-state index >= 15 is 0 Å². The SMILES string of the molecule is FC(F)(F)C(I)C(F)(F)I. The summed E-state index contributed by atoms with van der Waals surface area (Å²) in [5.74, 6) is 0. The number of alkyl halides is 7. The lowest BCUT2D eigenvalue weighted by atomic mass is 10.4. The summed E-state index contributed by atoms with van der Waals surface area (Å²) in [5, 5.41) is 0. The molecule has 0 spiro atoms. The Hall–Kier alpha value is 1.11. The van der Waals surface area contributed by atoms with Crippen molar-refractivity contribution >= 4 is 45.2 Å². The zero-order chi connectivity index (χ0) is 8.58. The van der Waals surface area contributed by atoms with E-state index in [1.165, 1.54) is 0 Å². The maximum absolute atomic E-state index is 11.9. The normalized spacial score (nSPS) is 17.1. The van der Waals surface area contributed by atoms with E-state index in [2.05, 4.69) is 0 Å². The van der Waals surface area contributed by atoms with Gasteiger partial charge in [0.1, 0.15) is 0 Å². The van der Waals surface area contributed by atoms with Gasteiger partial charge in [-0.05, 0) is 0 Å². The van der Waals surface area contributed by atoms with Crippen molar-refractivity contribution in [1.82, 2.24) is 0 Å². The highest BCUT2D eigenvalue weighted by atomic mass is 127. The number of hydrogen-bond donors (Lipinski definition) is 0. The molecule has 0 aromatic rings. The topological polar surface area (TPSA) is 0 Å². The molecule has 62 valence electrons. The molecule has 0 saturated heterocycles. The average Bonchev–Trinajstić information content (AvgIpc) is 1.59. The van der Waals surface area contributed by atoms with Crippen LogP contribution in [0.4, 0.5) is 22.0 Å². The highest BCUT2D eigenvalue weighted by Crippen LogP contribution is 2.41. The van der Waals surface area contributed by atoms with Crippen molar-refractivity contribution in [1.29, 1.82) is 0 Å². The van der Waals surface area contributed by atoms with Gasteiger partial charge in [0.15, 0.2) is 3.92 Å². The number of rotatable bonds is 1. The van der Waals surface area contributed by atoms with Crippen molar-refractivity contribution < 1.29 is 22.0 Å². The van der Waals surface area contributed by atoms with Crippen LogP contribution in [0.1, 0.15) is 0 Å². The van der Waals surface area contributed by atoms with E-state index in [1.807, 2.05) is 0 Å². The van der Waals surface area contributed by atoms with Gasteiger partial charge >= 0.3 is 10.1 Å². The molecule has 7 heteroatoms. The summed E-state index contributed by atoms with van der Waals surface area (Å²) in [7, 11) is 0. The fourth-order valence-corrected chi connectivity index (χ4v) is 0.539. The summed E-state index contributed by atoms with van der Waals surface area (Å²) in [4.78, 5) is 0. The predicted octanol–water partition coefficient (Wildman–Crippen LogP) is 3.38. The molecule has 0 nitrogen and oxygen atoms in total. The third kappa shape index (κ3) is 3.49. The molecule has 0 heterocycles. The molecule has 1 atom stereocenters. The Bertz CT molecular complexity index is 99.0. The summed E-state index contributed by atoms with van der Waals surface area (Å²) in [6.07, 6.45) is -4.83. The molecule has 0 aliphatic carbocycles. The van der Waals surface area contributed by atoms with Crippen molar-refractivity contribution in [3.63, 3.8) is 0 Å². The maximum Gasteiger partial charge on any atom is 0.407 e. The van der Waals surface area contributed by atoms with Crippen LogP contribution in [0.5, 0.6) is 0 Å². The molecule has 0 amide bonds. The Kier molecular flexibility index (Phi) is 3.59. The molecule has 0 rings (SSSR count). The van der Waals surface area contributed by atoms with Gasteiger partial charge < -0.3 is 0 Å². The molecular weight excluding hydrogens is 385 g/mol. The Labute approximate surface area is 80.8 Å². The van der Waals surface area contributed by atoms with Gasteiger partial charge in [-0.15, -0.1) is 0 Å². The highest BCUT2D eigenvalue weighted by molar-refractivity contribution is 14.1. The second kappa shape index (κ2) is 3.23. The summed E-state index contributed by atoms with van der Waals surface area (Å²) in [6, 6.07) is 0. The van der Waals surface area contributed by atoms with Gasteiger partial charge in [-0.2, -0.15) is 22.0 Å². The molecule has 0 aliphatic heterocycles. The fraction of sp³-hybridized carbons (Fsp3) is 1.00. The largest absolute Gasteiger partial charge is 0.407 e. The van der Waals surface area contributed by atoms with Gasteiger partial charge in [-0.25, -0.2) is 0 Å². The Morgan fingerprint density at radius 1 is 1.00 bits per heavy atom. The van der Waals surface area contributed by atoms with E-state index in [0.29, 0.717) is 45.2 Å². The molecule has 0 radical (unpaired) electrons. The molecule has 0 bridgehead atoms. The van der Waals surface area contributed by atoms with Crippen LogP contribution in [0, 0.1) is 0 Å². The van der Waals surface area contributed by atoms with Crippen LogP contribution in [0.2, 0.25) is 0 Å². The monoisotopic (exact) mass is 386 g/mol. The van der Waals surface area contributed by atoms with E-state index in [9.17, 15) is 22.0 Å². The minimum atomic E-state index is -4.83. The van der Waals surface area contributed by atoms with Gasteiger partial charge in [-0.1, -0.05) is 22.6 Å². The molecule has 0 N–H and O–H groups in total. The fourth-order valence-electron chi connectivity index (χ4n) is 0.186. The molecule has 0 fully saturated rings. The van der Waals surface area contributed by atoms with Crippen molar-refractivity contribution in [3.8, 4) is 0 Å². The number of halogens is 7. The summed E-state index contributed by atoms with van der Waals surface area (Å²) in [6.45, 7) is 0. The molecule has 0 aromatic heterocycles. The van der Waals surface area contributed by atoms with Crippen LogP contribution in [0.25, 0.3) is 0 Å². The van der Waals surface area contributed by atoms with Gasteiger partial charge in [0.2, 0.25) is 0 Å². The molecule has 0 aliphatic rings. The van der Waals surface area contributed by atoms with Gasteiger partial charge in [-0.3, -0.25) is 0 Å². The second-order valence-electron chi connectivity index (χ2n) is 1.45. The van der Waals surface area contributed by atoms with E-state index < -0.39 is 14.0 Å². The van der Waals surface area contributed by atoms with Gasteiger partial charge in [0, 0.05) is 22.6 Å². The van der Waals surface area contributed by atoms with Crippen LogP contribution < -0.4 is 0 Å². The molecular formula is C3HF5I2. The first-order valence-electron chi connectivity index (χ1n) is 1.93. The molecule has 10 heavy (non-hydrogen) atoms. The first kappa shape index (κ1) is 11.1. The smallest absolute Gasteiger partial charge is 0.193 e. The first-order chi connectivity index (χ1) is 4.15. The van der Waals surface area contributed by atoms with Crippen molar-refractivity contribution in [2.75, 3.05) is 0 Å².